The number of aryl methyl sites for hydroxylation is 1. The van der Waals surface area contributed by atoms with Crippen molar-refractivity contribution in [3.63, 3.8) is 0 Å². The average molecular weight is 243 g/mol. The summed E-state index contributed by atoms with van der Waals surface area (Å²) in [7, 11) is 0. The highest BCUT2D eigenvalue weighted by atomic mass is 15.2. The van der Waals surface area contributed by atoms with Crippen LogP contribution in [0.2, 0.25) is 0 Å². The molecule has 1 atom stereocenters. The van der Waals surface area contributed by atoms with Crippen LogP contribution in [0.25, 0.3) is 5.69 Å². The molecule has 1 N–H and O–H groups in total. The predicted molar refractivity (Wildman–Crippen MR) is 76.2 cm³/mol. The lowest BCUT2D eigenvalue weighted by Crippen LogP contribution is -2.13. The van der Waals surface area contributed by atoms with Crippen LogP contribution in [0.1, 0.15) is 26.0 Å². The number of benzene rings is 1. The Kier molecular flexibility index (Phi) is 4.03. The number of imidazole rings is 1. The van der Waals surface area contributed by atoms with Gasteiger partial charge >= 0.3 is 0 Å². The summed E-state index contributed by atoms with van der Waals surface area (Å²) in [5.41, 5.74) is 2.18. The Balaban J connectivity index is 2.21. The second-order valence-electron chi connectivity index (χ2n) is 4.81. The van der Waals surface area contributed by atoms with E-state index in [-0.39, 0.29) is 0 Å². The fourth-order valence-corrected chi connectivity index (χ4v) is 1.82. The number of aromatic nitrogens is 2. The highest BCUT2D eigenvalue weighted by Gasteiger charge is 2.07. The van der Waals surface area contributed by atoms with Gasteiger partial charge in [-0.15, -0.1) is 0 Å². The third-order valence-corrected chi connectivity index (χ3v) is 3.17. The molecule has 0 bridgehead atoms. The van der Waals surface area contributed by atoms with Gasteiger partial charge in [-0.3, -0.25) is 4.57 Å². The van der Waals surface area contributed by atoms with E-state index in [2.05, 4.69) is 47.0 Å². The molecule has 0 aliphatic rings. The molecular weight excluding hydrogens is 222 g/mol. The molecule has 0 fully saturated rings. The van der Waals surface area contributed by atoms with E-state index < -0.39 is 0 Å². The number of rotatable bonds is 5. The van der Waals surface area contributed by atoms with E-state index >= 15 is 0 Å². The molecule has 0 saturated heterocycles. The molecule has 0 radical (unpaired) electrons. The van der Waals surface area contributed by atoms with E-state index in [0.29, 0.717) is 5.92 Å². The molecule has 96 valence electrons. The molecule has 0 spiro atoms. The Bertz CT molecular complexity index is 488. The molecule has 0 saturated carbocycles. The number of nitrogens with one attached hydrogen (secondary N) is 1. The third kappa shape index (κ3) is 2.92. The van der Waals surface area contributed by atoms with E-state index in [9.17, 15) is 0 Å². The highest BCUT2D eigenvalue weighted by molar-refractivity contribution is 5.42. The highest BCUT2D eigenvalue weighted by Crippen LogP contribution is 2.16. The van der Waals surface area contributed by atoms with Crippen LogP contribution in [0.3, 0.4) is 0 Å². The van der Waals surface area contributed by atoms with E-state index in [1.165, 1.54) is 6.42 Å². The molecule has 0 aliphatic heterocycles. The monoisotopic (exact) mass is 243 g/mol. The molecule has 2 rings (SSSR count). The number of hydrogen-bond donors (Lipinski definition) is 1. The topological polar surface area (TPSA) is 29.9 Å². The molecule has 1 heterocycles. The minimum atomic E-state index is 0.659. The quantitative estimate of drug-likeness (QED) is 0.869. The summed E-state index contributed by atoms with van der Waals surface area (Å²) in [5, 5.41) is 3.44. The zero-order chi connectivity index (χ0) is 13.0. The zero-order valence-corrected chi connectivity index (χ0v) is 11.4. The Hall–Kier alpha value is -1.77. The fourth-order valence-electron chi connectivity index (χ4n) is 1.82. The van der Waals surface area contributed by atoms with Gasteiger partial charge in [0.15, 0.2) is 0 Å². The van der Waals surface area contributed by atoms with Crippen molar-refractivity contribution in [1.82, 2.24) is 9.55 Å². The van der Waals surface area contributed by atoms with Gasteiger partial charge in [-0.2, -0.15) is 0 Å². The van der Waals surface area contributed by atoms with Crippen molar-refractivity contribution in [3.05, 3.63) is 42.2 Å². The van der Waals surface area contributed by atoms with Crippen molar-refractivity contribution < 1.29 is 0 Å². The van der Waals surface area contributed by atoms with E-state index in [4.69, 9.17) is 0 Å². The first-order valence-electron chi connectivity index (χ1n) is 6.56. The summed E-state index contributed by atoms with van der Waals surface area (Å²) >= 11 is 0. The molecule has 1 unspecified atom stereocenters. The van der Waals surface area contributed by atoms with Gasteiger partial charge < -0.3 is 5.32 Å². The number of anilines is 1. The molecule has 2 aromatic rings. The van der Waals surface area contributed by atoms with Crippen LogP contribution in [0, 0.1) is 12.8 Å². The normalized spacial score (nSPS) is 12.4. The third-order valence-electron chi connectivity index (χ3n) is 3.17. The molecular formula is C15H21N3. The summed E-state index contributed by atoms with van der Waals surface area (Å²) in [5.74, 6) is 1.59. The van der Waals surface area contributed by atoms with Crippen molar-refractivity contribution >= 4 is 5.95 Å². The second kappa shape index (κ2) is 5.71. The van der Waals surface area contributed by atoms with Gasteiger partial charge in [0, 0.05) is 18.4 Å². The minimum Gasteiger partial charge on any atom is -0.355 e. The van der Waals surface area contributed by atoms with Crippen molar-refractivity contribution in [1.29, 1.82) is 0 Å². The van der Waals surface area contributed by atoms with E-state index in [0.717, 1.165) is 23.9 Å². The molecule has 3 nitrogen and oxygen atoms in total. The van der Waals surface area contributed by atoms with Crippen LogP contribution in [0.5, 0.6) is 0 Å². The molecule has 1 aromatic carbocycles. The Labute approximate surface area is 109 Å². The summed E-state index contributed by atoms with van der Waals surface area (Å²) in [4.78, 5) is 4.55. The Morgan fingerprint density at radius 3 is 2.67 bits per heavy atom. The maximum atomic E-state index is 4.55. The van der Waals surface area contributed by atoms with Gasteiger partial charge in [0.2, 0.25) is 5.95 Å². The van der Waals surface area contributed by atoms with E-state index in [1.54, 1.807) is 0 Å². The van der Waals surface area contributed by atoms with Crippen LogP contribution >= 0.6 is 0 Å². The lowest BCUT2D eigenvalue weighted by Gasteiger charge is -2.12. The van der Waals surface area contributed by atoms with Gasteiger partial charge in [0.1, 0.15) is 0 Å². The van der Waals surface area contributed by atoms with Gasteiger partial charge in [0.25, 0.3) is 0 Å². The first kappa shape index (κ1) is 12.7. The van der Waals surface area contributed by atoms with Crippen molar-refractivity contribution in [2.45, 2.75) is 27.2 Å². The van der Waals surface area contributed by atoms with Crippen LogP contribution in [-0.2, 0) is 0 Å². The van der Waals surface area contributed by atoms with Crippen LogP contribution in [-0.4, -0.2) is 16.1 Å². The summed E-state index contributed by atoms with van der Waals surface area (Å²) in [6.07, 6.45) is 3.24. The van der Waals surface area contributed by atoms with Gasteiger partial charge in [-0.1, -0.05) is 38.5 Å². The van der Waals surface area contributed by atoms with Gasteiger partial charge in [-0.05, 0) is 25.0 Å². The molecule has 0 aliphatic carbocycles. The second-order valence-corrected chi connectivity index (χ2v) is 4.81. The average Bonchev–Trinajstić information content (AvgIpc) is 2.78. The van der Waals surface area contributed by atoms with Crippen LogP contribution < -0.4 is 5.32 Å². The predicted octanol–water partition coefficient (Wildman–Crippen LogP) is 3.64. The lowest BCUT2D eigenvalue weighted by molar-refractivity contribution is 0.590. The van der Waals surface area contributed by atoms with Crippen LogP contribution in [0.4, 0.5) is 5.95 Å². The maximum absolute atomic E-state index is 4.55. The first-order chi connectivity index (χ1) is 8.70. The number of nitrogens with zero attached hydrogens (tertiary/aromatic N) is 2. The molecule has 1 aromatic heterocycles. The van der Waals surface area contributed by atoms with Gasteiger partial charge in [0.05, 0.1) is 5.69 Å². The Morgan fingerprint density at radius 1 is 1.28 bits per heavy atom. The smallest absolute Gasteiger partial charge is 0.207 e. The van der Waals surface area contributed by atoms with Gasteiger partial charge in [-0.25, -0.2) is 4.98 Å². The Morgan fingerprint density at radius 2 is 2.00 bits per heavy atom. The molecule has 0 amide bonds. The van der Waals surface area contributed by atoms with Crippen molar-refractivity contribution in [3.8, 4) is 5.69 Å². The number of para-hydroxylation sites is 1. The van der Waals surface area contributed by atoms with Crippen molar-refractivity contribution in [2.24, 2.45) is 5.92 Å². The summed E-state index contributed by atoms with van der Waals surface area (Å²) in [6, 6.07) is 10.3. The fraction of sp³-hybridized carbons (Fsp3) is 0.400. The number of hydrogen-bond acceptors (Lipinski definition) is 2. The van der Waals surface area contributed by atoms with Crippen molar-refractivity contribution in [2.75, 3.05) is 11.9 Å². The molecule has 3 heteroatoms. The van der Waals surface area contributed by atoms with Crippen LogP contribution in [0.15, 0.2) is 36.5 Å². The minimum absolute atomic E-state index is 0.659. The SMILES string of the molecule is CCC(C)CNc1nc(C)cn1-c1ccccc1. The molecule has 18 heavy (non-hydrogen) atoms. The first-order valence-corrected chi connectivity index (χ1v) is 6.56. The lowest BCUT2D eigenvalue weighted by atomic mass is 10.1. The summed E-state index contributed by atoms with van der Waals surface area (Å²) < 4.78 is 2.11. The summed E-state index contributed by atoms with van der Waals surface area (Å²) in [6.45, 7) is 7.44. The maximum Gasteiger partial charge on any atom is 0.207 e. The van der Waals surface area contributed by atoms with E-state index in [1.807, 2.05) is 25.1 Å². The standard InChI is InChI=1S/C15H21N3/c1-4-12(2)10-16-15-17-13(3)11-18(15)14-8-6-5-7-9-14/h5-9,11-12H,4,10H2,1-3H3,(H,16,17). The largest absolute Gasteiger partial charge is 0.355 e. The zero-order valence-electron chi connectivity index (χ0n) is 11.4.